The zero-order chi connectivity index (χ0) is 14.5. The summed E-state index contributed by atoms with van der Waals surface area (Å²) in [5, 5.41) is 0. The lowest BCUT2D eigenvalue weighted by Crippen LogP contribution is -2.45. The van der Waals surface area contributed by atoms with Crippen molar-refractivity contribution in [2.24, 2.45) is 0 Å². The van der Waals surface area contributed by atoms with Crippen molar-refractivity contribution in [2.45, 2.75) is 44.6 Å². The van der Waals surface area contributed by atoms with Gasteiger partial charge in [-0.3, -0.25) is 9.78 Å². The summed E-state index contributed by atoms with van der Waals surface area (Å²) in [7, 11) is 0. The number of carbonyl (C=O) groups is 1. The molecule has 2 saturated heterocycles. The van der Waals surface area contributed by atoms with E-state index in [1.165, 1.54) is 32.4 Å². The molecule has 0 saturated carbocycles. The van der Waals surface area contributed by atoms with Crippen molar-refractivity contribution in [2.75, 3.05) is 26.2 Å². The molecule has 2 fully saturated rings. The molecule has 1 amide bonds. The zero-order valence-electron chi connectivity index (χ0n) is 12.7. The maximum absolute atomic E-state index is 12.7. The van der Waals surface area contributed by atoms with Gasteiger partial charge in [-0.15, -0.1) is 0 Å². The lowest BCUT2D eigenvalue weighted by atomic mass is 9.98. The molecule has 4 heteroatoms. The molecular weight excluding hydrogens is 262 g/mol. The Hall–Kier alpha value is -1.42. The molecule has 0 radical (unpaired) electrons. The van der Waals surface area contributed by atoms with E-state index in [2.05, 4.69) is 14.8 Å². The Kier molecular flexibility index (Phi) is 4.86. The molecule has 3 heterocycles. The highest BCUT2D eigenvalue weighted by molar-refractivity contribution is 5.94. The molecule has 2 aliphatic heterocycles. The van der Waals surface area contributed by atoms with Crippen LogP contribution in [0.5, 0.6) is 0 Å². The largest absolute Gasteiger partial charge is 0.336 e. The van der Waals surface area contributed by atoms with E-state index in [1.807, 2.05) is 12.1 Å². The first-order valence-corrected chi connectivity index (χ1v) is 8.28. The highest BCUT2D eigenvalue weighted by atomic mass is 16.2. The predicted molar refractivity (Wildman–Crippen MR) is 83.2 cm³/mol. The maximum Gasteiger partial charge on any atom is 0.254 e. The molecular formula is C17H25N3O. The van der Waals surface area contributed by atoms with Gasteiger partial charge >= 0.3 is 0 Å². The summed E-state index contributed by atoms with van der Waals surface area (Å²) in [5.41, 5.74) is 0.776. The van der Waals surface area contributed by atoms with Crippen LogP contribution < -0.4 is 0 Å². The molecule has 21 heavy (non-hydrogen) atoms. The van der Waals surface area contributed by atoms with Gasteiger partial charge in [-0.1, -0.05) is 0 Å². The Balaban J connectivity index is 1.62. The van der Waals surface area contributed by atoms with Gasteiger partial charge in [0.2, 0.25) is 0 Å². The van der Waals surface area contributed by atoms with Crippen LogP contribution in [-0.2, 0) is 0 Å². The van der Waals surface area contributed by atoms with Crippen LogP contribution in [-0.4, -0.2) is 52.9 Å². The van der Waals surface area contributed by atoms with Crippen LogP contribution in [0.4, 0.5) is 0 Å². The van der Waals surface area contributed by atoms with Gasteiger partial charge in [0, 0.05) is 37.1 Å². The summed E-state index contributed by atoms with van der Waals surface area (Å²) < 4.78 is 0. The topological polar surface area (TPSA) is 36.4 Å². The van der Waals surface area contributed by atoms with Crippen LogP contribution in [0.3, 0.4) is 0 Å². The number of hydrogen-bond acceptors (Lipinski definition) is 3. The predicted octanol–water partition coefficient (Wildman–Crippen LogP) is 2.56. The third-order valence-corrected chi connectivity index (χ3v) is 4.79. The molecule has 1 atom stereocenters. The van der Waals surface area contributed by atoms with Gasteiger partial charge in [-0.2, -0.15) is 0 Å². The van der Waals surface area contributed by atoms with Crippen LogP contribution >= 0.6 is 0 Å². The maximum atomic E-state index is 12.7. The Morgan fingerprint density at radius 2 is 1.81 bits per heavy atom. The third kappa shape index (κ3) is 3.62. The average Bonchev–Trinajstić information content (AvgIpc) is 3.07. The van der Waals surface area contributed by atoms with E-state index in [4.69, 9.17) is 0 Å². The standard InChI is InChI=1S/C17H25N3O/c21-17(15-6-9-18-10-7-15)20-13-2-1-5-16(20)8-14-19-11-3-4-12-19/h6-7,9-10,16H,1-5,8,11-14H2/t16-/m1/s1. The second-order valence-corrected chi connectivity index (χ2v) is 6.22. The van der Waals surface area contributed by atoms with Crippen molar-refractivity contribution in [3.05, 3.63) is 30.1 Å². The van der Waals surface area contributed by atoms with Gasteiger partial charge in [0.25, 0.3) is 5.91 Å². The minimum Gasteiger partial charge on any atom is -0.336 e. The monoisotopic (exact) mass is 287 g/mol. The molecule has 0 unspecified atom stereocenters. The number of carbonyl (C=O) groups excluding carboxylic acids is 1. The highest BCUT2D eigenvalue weighted by Gasteiger charge is 2.27. The van der Waals surface area contributed by atoms with Gasteiger partial charge in [0.15, 0.2) is 0 Å². The van der Waals surface area contributed by atoms with Crippen molar-refractivity contribution in [1.82, 2.24) is 14.8 Å². The normalized spacial score (nSPS) is 23.4. The molecule has 4 nitrogen and oxygen atoms in total. The summed E-state index contributed by atoms with van der Waals surface area (Å²) in [6.07, 6.45) is 10.8. The Bertz CT molecular complexity index is 456. The number of rotatable bonds is 4. The third-order valence-electron chi connectivity index (χ3n) is 4.79. The lowest BCUT2D eigenvalue weighted by Gasteiger charge is -2.36. The van der Waals surface area contributed by atoms with Gasteiger partial charge in [0.1, 0.15) is 0 Å². The van der Waals surface area contributed by atoms with Crippen molar-refractivity contribution in [3.63, 3.8) is 0 Å². The molecule has 0 aliphatic carbocycles. The fourth-order valence-electron chi connectivity index (χ4n) is 3.57. The number of aromatic nitrogens is 1. The van der Waals surface area contributed by atoms with E-state index < -0.39 is 0 Å². The fraction of sp³-hybridized carbons (Fsp3) is 0.647. The smallest absolute Gasteiger partial charge is 0.254 e. The first-order chi connectivity index (χ1) is 10.3. The molecule has 0 N–H and O–H groups in total. The lowest BCUT2D eigenvalue weighted by molar-refractivity contribution is 0.0588. The minimum absolute atomic E-state index is 0.184. The molecule has 0 aromatic carbocycles. The van der Waals surface area contributed by atoms with Gasteiger partial charge < -0.3 is 9.80 Å². The minimum atomic E-state index is 0.184. The summed E-state index contributed by atoms with van der Waals surface area (Å²) in [4.78, 5) is 21.3. The fourth-order valence-corrected chi connectivity index (χ4v) is 3.57. The van der Waals surface area contributed by atoms with Crippen molar-refractivity contribution in [3.8, 4) is 0 Å². The molecule has 114 valence electrons. The summed E-state index contributed by atoms with van der Waals surface area (Å²) >= 11 is 0. The SMILES string of the molecule is O=C(c1ccncc1)N1CCCC[C@@H]1CCN1CCCC1. The van der Waals surface area contributed by atoms with Crippen LogP contribution in [0.25, 0.3) is 0 Å². The number of piperidine rings is 1. The number of pyridine rings is 1. The quantitative estimate of drug-likeness (QED) is 0.854. The van der Waals surface area contributed by atoms with E-state index >= 15 is 0 Å². The van der Waals surface area contributed by atoms with Crippen molar-refractivity contribution < 1.29 is 4.79 Å². The summed E-state index contributed by atoms with van der Waals surface area (Å²) in [6.45, 7) is 4.53. The Morgan fingerprint density at radius 3 is 2.57 bits per heavy atom. The van der Waals surface area contributed by atoms with Gasteiger partial charge in [-0.25, -0.2) is 0 Å². The molecule has 3 rings (SSSR count). The molecule has 1 aromatic heterocycles. The second kappa shape index (κ2) is 7.03. The van der Waals surface area contributed by atoms with Crippen LogP contribution in [0.1, 0.15) is 48.9 Å². The van der Waals surface area contributed by atoms with E-state index in [-0.39, 0.29) is 5.91 Å². The van der Waals surface area contributed by atoms with E-state index in [9.17, 15) is 4.79 Å². The first kappa shape index (κ1) is 14.5. The van der Waals surface area contributed by atoms with Gasteiger partial charge in [-0.05, 0) is 63.7 Å². The molecule has 2 aliphatic rings. The zero-order valence-corrected chi connectivity index (χ0v) is 12.7. The second-order valence-electron chi connectivity index (χ2n) is 6.22. The van der Waals surface area contributed by atoms with Crippen LogP contribution in [0.2, 0.25) is 0 Å². The number of likely N-dealkylation sites (tertiary alicyclic amines) is 2. The summed E-state index contributed by atoms with van der Waals surface area (Å²) in [5.74, 6) is 0.184. The van der Waals surface area contributed by atoms with Gasteiger partial charge in [0.05, 0.1) is 0 Å². The number of nitrogens with zero attached hydrogens (tertiary/aromatic N) is 3. The highest BCUT2D eigenvalue weighted by Crippen LogP contribution is 2.23. The summed E-state index contributed by atoms with van der Waals surface area (Å²) in [6, 6.07) is 4.07. The van der Waals surface area contributed by atoms with Crippen molar-refractivity contribution >= 4 is 5.91 Å². The first-order valence-electron chi connectivity index (χ1n) is 8.28. The van der Waals surface area contributed by atoms with Crippen LogP contribution in [0, 0.1) is 0 Å². The Morgan fingerprint density at radius 1 is 1.10 bits per heavy atom. The van der Waals surface area contributed by atoms with Crippen LogP contribution in [0.15, 0.2) is 24.5 Å². The number of hydrogen-bond donors (Lipinski definition) is 0. The number of amides is 1. The molecule has 1 aromatic rings. The van der Waals surface area contributed by atoms with E-state index in [1.54, 1.807) is 12.4 Å². The Labute approximate surface area is 127 Å². The van der Waals surface area contributed by atoms with Crippen molar-refractivity contribution in [1.29, 1.82) is 0 Å². The molecule has 0 bridgehead atoms. The van der Waals surface area contributed by atoms with E-state index in [0.29, 0.717) is 6.04 Å². The van der Waals surface area contributed by atoms with E-state index in [0.717, 1.165) is 37.9 Å². The average molecular weight is 287 g/mol. The molecule has 0 spiro atoms.